The molecule has 0 saturated carbocycles. The first-order valence-corrected chi connectivity index (χ1v) is 9.23. The Morgan fingerprint density at radius 1 is 1.22 bits per heavy atom. The number of fused-ring (bicyclic) bond motifs is 2. The largest absolute Gasteiger partial charge is 0.506 e. The number of aliphatic hydroxyl groups excluding tert-OH is 1. The summed E-state index contributed by atoms with van der Waals surface area (Å²) in [4.78, 5) is 2.16. The van der Waals surface area contributed by atoms with Crippen molar-refractivity contribution in [3.05, 3.63) is 35.6 Å². The third-order valence-electron chi connectivity index (χ3n) is 5.75. The Balaban J connectivity index is 1.56. The van der Waals surface area contributed by atoms with Gasteiger partial charge in [0, 0.05) is 24.3 Å². The van der Waals surface area contributed by atoms with Gasteiger partial charge in [-0.1, -0.05) is 0 Å². The zero-order valence-corrected chi connectivity index (χ0v) is 15.1. The van der Waals surface area contributed by atoms with Crippen molar-refractivity contribution in [1.82, 2.24) is 10.2 Å². The average molecular weight is 367 g/mol. The fraction of sp³-hybridized carbons (Fsp3) is 0.400. The molecule has 2 aromatic heterocycles. The summed E-state index contributed by atoms with van der Waals surface area (Å²) < 4.78 is 10.7. The number of furan rings is 1. The maximum Gasteiger partial charge on any atom is 0.155 e. The van der Waals surface area contributed by atoms with Gasteiger partial charge in [0.2, 0.25) is 0 Å². The highest BCUT2D eigenvalue weighted by atomic mass is 16.5. The molecule has 2 N–H and O–H groups in total. The topological polar surface area (TPSA) is 91.9 Å². The quantitative estimate of drug-likeness (QED) is 0.719. The molecule has 0 aliphatic carbocycles. The van der Waals surface area contributed by atoms with Crippen molar-refractivity contribution in [2.45, 2.75) is 31.9 Å². The number of ether oxygens (including phenoxy) is 1. The predicted octanol–water partition coefficient (Wildman–Crippen LogP) is 2.42. The summed E-state index contributed by atoms with van der Waals surface area (Å²) >= 11 is 0. The molecule has 0 radical (unpaired) electrons. The SMILES string of the molecule is Cc1c(-c2ccc3occc3c2O)nnc2c1CCN2[C@@H]1CCOC[C@H]1O. The standard InChI is InChI=1S/C20H21N3O4/c1-11-12-4-7-23(15-6-8-26-10-16(15)24)20(12)22-21-18(11)14-2-3-17-13(19(14)25)5-9-27-17/h2-3,5,9,15-16,24-25H,4,6-8,10H2,1H3/t15-,16-/m1/s1. The van der Waals surface area contributed by atoms with Gasteiger partial charge in [-0.3, -0.25) is 0 Å². The first kappa shape index (κ1) is 16.5. The van der Waals surface area contributed by atoms with E-state index in [4.69, 9.17) is 9.15 Å². The Morgan fingerprint density at radius 2 is 2.11 bits per heavy atom. The molecule has 27 heavy (non-hydrogen) atoms. The second-order valence-electron chi connectivity index (χ2n) is 7.21. The molecule has 1 fully saturated rings. The predicted molar refractivity (Wildman–Crippen MR) is 99.9 cm³/mol. The van der Waals surface area contributed by atoms with Gasteiger partial charge in [0.15, 0.2) is 5.82 Å². The van der Waals surface area contributed by atoms with Crippen LogP contribution < -0.4 is 4.90 Å². The molecule has 2 aliphatic heterocycles. The van der Waals surface area contributed by atoms with E-state index in [1.54, 1.807) is 12.3 Å². The summed E-state index contributed by atoms with van der Waals surface area (Å²) in [7, 11) is 0. The molecule has 0 spiro atoms. The number of aromatic nitrogens is 2. The van der Waals surface area contributed by atoms with Crippen molar-refractivity contribution >= 4 is 16.8 Å². The molecule has 0 unspecified atom stereocenters. The number of phenols is 1. The molecule has 7 heteroatoms. The van der Waals surface area contributed by atoms with Crippen molar-refractivity contribution in [2.24, 2.45) is 0 Å². The van der Waals surface area contributed by atoms with Crippen molar-refractivity contribution in [3.8, 4) is 17.0 Å². The summed E-state index contributed by atoms with van der Waals surface area (Å²) in [6, 6.07) is 5.41. The first-order valence-electron chi connectivity index (χ1n) is 9.23. The van der Waals surface area contributed by atoms with Gasteiger partial charge in [0.05, 0.1) is 30.4 Å². The lowest BCUT2D eigenvalue weighted by atomic mass is 10.0. The van der Waals surface area contributed by atoms with E-state index in [9.17, 15) is 10.2 Å². The molecule has 0 bridgehead atoms. The fourth-order valence-corrected chi connectivity index (χ4v) is 4.29. The molecule has 140 valence electrons. The number of nitrogens with zero attached hydrogens (tertiary/aromatic N) is 3. The van der Waals surface area contributed by atoms with Crippen LogP contribution in [0.2, 0.25) is 0 Å². The van der Waals surface area contributed by atoms with Crippen molar-refractivity contribution < 1.29 is 19.4 Å². The Hall–Kier alpha value is -2.64. The molecule has 4 heterocycles. The number of hydrogen-bond acceptors (Lipinski definition) is 7. The van der Waals surface area contributed by atoms with Crippen molar-refractivity contribution in [3.63, 3.8) is 0 Å². The molecule has 2 atom stereocenters. The second-order valence-corrected chi connectivity index (χ2v) is 7.21. The van der Waals surface area contributed by atoms with Gasteiger partial charge in [-0.25, -0.2) is 0 Å². The minimum Gasteiger partial charge on any atom is -0.506 e. The summed E-state index contributed by atoms with van der Waals surface area (Å²) in [5.74, 6) is 0.999. The van der Waals surface area contributed by atoms with Crippen molar-refractivity contribution in [2.75, 3.05) is 24.7 Å². The smallest absolute Gasteiger partial charge is 0.155 e. The minimum absolute atomic E-state index is 0.00948. The van der Waals surface area contributed by atoms with Crippen LogP contribution in [-0.4, -0.2) is 52.3 Å². The van der Waals surface area contributed by atoms with Gasteiger partial charge in [0.25, 0.3) is 0 Å². The van der Waals surface area contributed by atoms with Gasteiger partial charge < -0.3 is 24.3 Å². The van der Waals surface area contributed by atoms with Crippen LogP contribution in [0.1, 0.15) is 17.5 Å². The Bertz CT molecular complexity index is 1020. The third-order valence-corrected chi connectivity index (χ3v) is 5.75. The lowest BCUT2D eigenvalue weighted by Gasteiger charge is -2.35. The zero-order valence-electron chi connectivity index (χ0n) is 15.1. The van der Waals surface area contributed by atoms with Crippen LogP contribution in [0.5, 0.6) is 5.75 Å². The van der Waals surface area contributed by atoms with E-state index in [0.717, 1.165) is 36.3 Å². The number of aliphatic hydroxyl groups is 1. The van der Waals surface area contributed by atoms with Crippen LogP contribution in [0.25, 0.3) is 22.2 Å². The Kier molecular flexibility index (Phi) is 3.80. The Labute approximate surface area is 156 Å². The van der Waals surface area contributed by atoms with Gasteiger partial charge in [-0.05, 0) is 43.5 Å². The van der Waals surface area contributed by atoms with Crippen molar-refractivity contribution in [1.29, 1.82) is 0 Å². The summed E-state index contributed by atoms with van der Waals surface area (Å²) in [5.41, 5.74) is 4.13. The van der Waals surface area contributed by atoms with Gasteiger partial charge in [-0.2, -0.15) is 0 Å². The molecule has 1 saturated heterocycles. The fourth-order valence-electron chi connectivity index (χ4n) is 4.29. The number of aromatic hydroxyl groups is 1. The van der Waals surface area contributed by atoms with E-state index in [0.29, 0.717) is 35.4 Å². The van der Waals surface area contributed by atoms with Crippen LogP contribution in [0.4, 0.5) is 5.82 Å². The maximum atomic E-state index is 10.7. The number of rotatable bonds is 2. The summed E-state index contributed by atoms with van der Waals surface area (Å²) in [6.07, 6.45) is 2.68. The monoisotopic (exact) mass is 367 g/mol. The van der Waals surface area contributed by atoms with E-state index in [-0.39, 0.29) is 11.8 Å². The second kappa shape index (κ2) is 6.21. The van der Waals surface area contributed by atoms with E-state index in [1.807, 2.05) is 19.1 Å². The van der Waals surface area contributed by atoms with E-state index in [2.05, 4.69) is 15.1 Å². The lowest BCUT2D eigenvalue weighted by molar-refractivity contribution is -0.0200. The molecule has 3 aromatic rings. The average Bonchev–Trinajstić information content (AvgIpc) is 3.31. The molecule has 1 aromatic carbocycles. The molecule has 5 rings (SSSR count). The van der Waals surface area contributed by atoms with Crippen LogP contribution in [0.15, 0.2) is 28.9 Å². The number of hydrogen-bond donors (Lipinski definition) is 2. The number of benzene rings is 1. The number of anilines is 1. The first-order chi connectivity index (χ1) is 13.1. The van der Waals surface area contributed by atoms with E-state index in [1.165, 1.54) is 0 Å². The van der Waals surface area contributed by atoms with Gasteiger partial charge >= 0.3 is 0 Å². The molecule has 2 aliphatic rings. The zero-order chi connectivity index (χ0) is 18.5. The third kappa shape index (κ3) is 2.49. The molecule has 0 amide bonds. The number of phenolic OH excluding ortho intramolecular Hbond substituents is 1. The normalized spacial score (nSPS) is 22.4. The van der Waals surface area contributed by atoms with Gasteiger partial charge in [0.1, 0.15) is 17.0 Å². The highest BCUT2D eigenvalue weighted by Crippen LogP contribution is 2.40. The van der Waals surface area contributed by atoms with E-state index >= 15 is 0 Å². The molecule has 7 nitrogen and oxygen atoms in total. The molecular weight excluding hydrogens is 346 g/mol. The van der Waals surface area contributed by atoms with Crippen LogP contribution in [0.3, 0.4) is 0 Å². The van der Waals surface area contributed by atoms with Crippen LogP contribution in [-0.2, 0) is 11.2 Å². The highest BCUT2D eigenvalue weighted by molar-refractivity contribution is 5.91. The van der Waals surface area contributed by atoms with E-state index < -0.39 is 6.10 Å². The summed E-state index contributed by atoms with van der Waals surface area (Å²) in [6.45, 7) is 3.84. The highest BCUT2D eigenvalue weighted by Gasteiger charge is 2.35. The van der Waals surface area contributed by atoms with Crippen LogP contribution >= 0.6 is 0 Å². The minimum atomic E-state index is -0.515. The Morgan fingerprint density at radius 3 is 2.96 bits per heavy atom. The van der Waals surface area contributed by atoms with Gasteiger partial charge in [-0.15, -0.1) is 10.2 Å². The lowest BCUT2D eigenvalue weighted by Crippen LogP contribution is -2.48. The maximum absolute atomic E-state index is 10.7. The van der Waals surface area contributed by atoms with Crippen LogP contribution in [0, 0.1) is 6.92 Å². The molecular formula is C20H21N3O4. The summed E-state index contributed by atoms with van der Waals surface area (Å²) in [5, 5.41) is 30.6.